The van der Waals surface area contributed by atoms with Crippen molar-refractivity contribution < 1.29 is 0 Å². The van der Waals surface area contributed by atoms with Crippen molar-refractivity contribution in [3.63, 3.8) is 0 Å². The first-order valence-corrected chi connectivity index (χ1v) is 22.9. The molecule has 3 aliphatic carbocycles. The summed E-state index contributed by atoms with van der Waals surface area (Å²) < 4.78 is 0. The van der Waals surface area contributed by atoms with Crippen LogP contribution < -0.4 is 0 Å². The van der Waals surface area contributed by atoms with Gasteiger partial charge in [-0.1, -0.05) is 218 Å². The Morgan fingerprint density at radius 3 is 1.41 bits per heavy atom. The van der Waals surface area contributed by atoms with Crippen molar-refractivity contribution in [1.29, 1.82) is 0 Å². The molecule has 0 saturated heterocycles. The van der Waals surface area contributed by atoms with Gasteiger partial charge in [-0.25, -0.2) is 15.0 Å². The summed E-state index contributed by atoms with van der Waals surface area (Å²) in [6, 6.07) is 76.4. The molecule has 66 heavy (non-hydrogen) atoms. The first-order valence-electron chi connectivity index (χ1n) is 22.9. The molecule has 0 atom stereocenters. The van der Waals surface area contributed by atoms with Crippen LogP contribution in [0.2, 0.25) is 0 Å². The highest BCUT2D eigenvalue weighted by atomic mass is 15.0. The molecule has 0 unspecified atom stereocenters. The molecular formula is C63H43N3. The zero-order chi connectivity index (χ0) is 44.0. The molecule has 0 saturated carbocycles. The third kappa shape index (κ3) is 5.11. The normalized spacial score (nSPS) is 14.5. The molecule has 0 fully saturated rings. The summed E-state index contributed by atoms with van der Waals surface area (Å²) in [5.74, 6) is 1.96. The van der Waals surface area contributed by atoms with E-state index in [0.29, 0.717) is 17.5 Å². The fourth-order valence-electron chi connectivity index (χ4n) is 11.9. The highest BCUT2D eigenvalue weighted by Crippen LogP contribution is 2.68. The molecule has 0 bridgehead atoms. The summed E-state index contributed by atoms with van der Waals surface area (Å²) in [5, 5.41) is 2.24. The van der Waals surface area contributed by atoms with E-state index in [9.17, 15) is 0 Å². The molecule has 1 heterocycles. The number of rotatable bonds is 5. The second-order valence-electron chi connectivity index (χ2n) is 17.7. The molecule has 3 heteroatoms. The van der Waals surface area contributed by atoms with Crippen molar-refractivity contribution >= 4 is 16.3 Å². The first-order chi connectivity index (χ1) is 32.6. The van der Waals surface area contributed by atoms with Crippen molar-refractivity contribution in [1.82, 2.24) is 15.0 Å². The summed E-state index contributed by atoms with van der Waals surface area (Å²) in [5.41, 5.74) is 20.0. The van der Waals surface area contributed by atoms with Crippen LogP contribution in [0.25, 0.3) is 72.5 Å². The lowest BCUT2D eigenvalue weighted by atomic mass is 9.52. The molecule has 0 radical (unpaired) electrons. The van der Waals surface area contributed by atoms with Gasteiger partial charge in [0, 0.05) is 11.1 Å². The van der Waals surface area contributed by atoms with Gasteiger partial charge in [0.1, 0.15) is 0 Å². The third-order valence-corrected chi connectivity index (χ3v) is 14.5. The second kappa shape index (κ2) is 14.6. The highest BCUT2D eigenvalue weighted by Gasteiger charge is 2.59. The first kappa shape index (κ1) is 38.2. The lowest BCUT2D eigenvalue weighted by molar-refractivity contribution is 0.633. The average molecular weight is 842 g/mol. The van der Waals surface area contributed by atoms with Gasteiger partial charge >= 0.3 is 0 Å². The zero-order valence-corrected chi connectivity index (χ0v) is 36.7. The molecule has 1 aromatic heterocycles. The fraction of sp³-hybridized carbons (Fsp3) is 0.0635. The number of allylic oxidation sites excluding steroid dienone is 4. The number of nitrogens with zero attached hydrogens (tertiary/aromatic N) is 3. The van der Waals surface area contributed by atoms with Gasteiger partial charge in [0.05, 0.1) is 10.8 Å². The maximum absolute atomic E-state index is 5.17. The Balaban J connectivity index is 1.07. The largest absolute Gasteiger partial charge is 0.209 e. The predicted molar refractivity (Wildman–Crippen MR) is 270 cm³/mol. The van der Waals surface area contributed by atoms with Crippen LogP contribution in [0.3, 0.4) is 0 Å². The van der Waals surface area contributed by atoms with Crippen molar-refractivity contribution in [3.05, 3.63) is 275 Å². The van der Waals surface area contributed by atoms with Crippen LogP contribution in [0.15, 0.2) is 224 Å². The van der Waals surface area contributed by atoms with E-state index in [4.69, 9.17) is 15.0 Å². The SMILES string of the molecule is C/C=C\C=C(/C)c1nc(-c2ccccc2)nc(-c2ccc(-c3cccc4c3-c3ccccc3C43c4ccccc4C4(c5ccccc5-c5ccccc54)c4ccccc43)c3ccccc23)n1. The van der Waals surface area contributed by atoms with Crippen LogP contribution in [0, 0.1) is 0 Å². The van der Waals surface area contributed by atoms with Crippen LogP contribution in [0.1, 0.15) is 64.2 Å². The number of benzene rings is 9. The molecule has 3 nitrogen and oxygen atoms in total. The van der Waals surface area contributed by atoms with E-state index in [-0.39, 0.29) is 0 Å². The Morgan fingerprint density at radius 1 is 0.364 bits per heavy atom. The molecule has 2 spiro atoms. The molecule has 9 aromatic carbocycles. The van der Waals surface area contributed by atoms with E-state index in [1.807, 2.05) is 37.3 Å². The Morgan fingerprint density at radius 2 is 0.803 bits per heavy atom. The third-order valence-electron chi connectivity index (χ3n) is 14.5. The van der Waals surface area contributed by atoms with Gasteiger partial charge in [-0.05, 0) is 114 Å². The van der Waals surface area contributed by atoms with E-state index >= 15 is 0 Å². The molecule has 3 aliphatic rings. The average Bonchev–Trinajstić information content (AvgIpc) is 3.85. The van der Waals surface area contributed by atoms with Crippen LogP contribution in [0.5, 0.6) is 0 Å². The number of hydrogen-bond donors (Lipinski definition) is 0. The highest BCUT2D eigenvalue weighted by molar-refractivity contribution is 6.08. The molecular weight excluding hydrogens is 799 g/mol. The molecule has 13 rings (SSSR count). The fourth-order valence-corrected chi connectivity index (χ4v) is 11.9. The standard InChI is InChI=1S/C63H43N3/c1-3-4-21-40(2)59-64-60(41-22-6-5-7-23-41)66-61(65-59)48-39-38-44(42-24-8-9-25-43(42)48)47-29-20-37-57-58(47)49-28-12-15-32-52(49)63(57)55-35-18-16-33-53(55)62(54-34-17-19-36-56(54)63)50-30-13-10-26-45(50)46-27-11-14-31-51(46)62/h3-39H,1-2H3/b4-3-,40-21+. The molecule has 0 N–H and O–H groups in total. The van der Waals surface area contributed by atoms with Gasteiger partial charge in [0.15, 0.2) is 17.5 Å². The topological polar surface area (TPSA) is 38.7 Å². The zero-order valence-electron chi connectivity index (χ0n) is 36.7. The smallest absolute Gasteiger partial charge is 0.164 e. The number of fused-ring (bicyclic) bond motifs is 17. The van der Waals surface area contributed by atoms with E-state index in [1.165, 1.54) is 77.9 Å². The van der Waals surface area contributed by atoms with Crippen molar-refractivity contribution in [2.45, 2.75) is 24.7 Å². The van der Waals surface area contributed by atoms with E-state index in [2.05, 4.69) is 201 Å². The minimum absolute atomic E-state index is 0.483. The summed E-state index contributed by atoms with van der Waals surface area (Å²) in [6.07, 6.45) is 6.11. The van der Waals surface area contributed by atoms with E-state index in [1.54, 1.807) is 0 Å². The summed E-state index contributed by atoms with van der Waals surface area (Å²) in [4.78, 5) is 15.3. The minimum atomic E-state index is -0.573. The van der Waals surface area contributed by atoms with Crippen LogP contribution in [-0.2, 0) is 10.8 Å². The van der Waals surface area contributed by atoms with Gasteiger partial charge in [-0.2, -0.15) is 0 Å². The van der Waals surface area contributed by atoms with Crippen molar-refractivity contribution in [3.8, 4) is 56.2 Å². The van der Waals surface area contributed by atoms with Gasteiger partial charge < -0.3 is 0 Å². The minimum Gasteiger partial charge on any atom is -0.209 e. The van der Waals surface area contributed by atoms with Gasteiger partial charge in [-0.15, -0.1) is 0 Å². The maximum Gasteiger partial charge on any atom is 0.164 e. The Labute approximate surface area is 385 Å². The maximum atomic E-state index is 5.17. The Hall–Kier alpha value is -8.27. The molecule has 0 amide bonds. The summed E-state index contributed by atoms with van der Waals surface area (Å²) in [7, 11) is 0. The van der Waals surface area contributed by atoms with Crippen LogP contribution >= 0.6 is 0 Å². The number of aromatic nitrogens is 3. The Kier molecular flexibility index (Phi) is 8.47. The van der Waals surface area contributed by atoms with Crippen molar-refractivity contribution in [2.24, 2.45) is 0 Å². The Bertz CT molecular complexity index is 3590. The van der Waals surface area contributed by atoms with Gasteiger partial charge in [0.2, 0.25) is 0 Å². The lowest BCUT2D eigenvalue weighted by Gasteiger charge is -2.48. The van der Waals surface area contributed by atoms with Crippen LogP contribution in [-0.4, -0.2) is 15.0 Å². The van der Waals surface area contributed by atoms with Gasteiger partial charge in [0.25, 0.3) is 0 Å². The molecule has 0 aliphatic heterocycles. The van der Waals surface area contributed by atoms with Gasteiger partial charge in [-0.3, -0.25) is 0 Å². The molecule has 10 aromatic rings. The lowest BCUT2D eigenvalue weighted by Crippen LogP contribution is -2.43. The van der Waals surface area contributed by atoms with Crippen molar-refractivity contribution in [2.75, 3.05) is 0 Å². The molecule has 310 valence electrons. The van der Waals surface area contributed by atoms with E-state index in [0.717, 1.165) is 27.5 Å². The number of hydrogen-bond acceptors (Lipinski definition) is 3. The van der Waals surface area contributed by atoms with E-state index < -0.39 is 10.8 Å². The predicted octanol–water partition coefficient (Wildman–Crippen LogP) is 15.0. The monoisotopic (exact) mass is 841 g/mol. The summed E-state index contributed by atoms with van der Waals surface area (Å²) in [6.45, 7) is 4.08. The second-order valence-corrected chi connectivity index (χ2v) is 17.7. The van der Waals surface area contributed by atoms with Crippen LogP contribution in [0.4, 0.5) is 0 Å². The quantitative estimate of drug-likeness (QED) is 0.162. The summed E-state index contributed by atoms with van der Waals surface area (Å²) >= 11 is 0.